The molecule has 0 saturated heterocycles. The number of hydrogen-bond acceptors (Lipinski definition) is 6. The van der Waals surface area contributed by atoms with Gasteiger partial charge in [0, 0.05) is 33.5 Å². The van der Waals surface area contributed by atoms with Gasteiger partial charge >= 0.3 is 6.61 Å². The summed E-state index contributed by atoms with van der Waals surface area (Å²) in [5.74, 6) is 0.334. The normalized spacial score (nSPS) is 11.2. The number of amides is 1. The van der Waals surface area contributed by atoms with Crippen LogP contribution < -0.4 is 10.1 Å². The number of carbonyl (C=O) groups excluding carboxylic acids is 1. The highest BCUT2D eigenvalue weighted by Crippen LogP contribution is 2.33. The average molecular weight is 447 g/mol. The molecule has 2 heterocycles. The summed E-state index contributed by atoms with van der Waals surface area (Å²) >= 11 is 3.09. The molecule has 5 nitrogen and oxygen atoms in total. The molecule has 0 radical (unpaired) electrons. The van der Waals surface area contributed by atoms with Gasteiger partial charge in [0.25, 0.3) is 5.91 Å². The van der Waals surface area contributed by atoms with Crippen molar-refractivity contribution in [1.29, 1.82) is 0 Å². The number of rotatable bonds is 7. The number of thiazole rings is 1. The van der Waals surface area contributed by atoms with Crippen molar-refractivity contribution in [3.05, 3.63) is 70.9 Å². The Kier molecular flexibility index (Phi) is 6.01. The zero-order valence-corrected chi connectivity index (χ0v) is 17.4. The van der Waals surface area contributed by atoms with E-state index in [1.54, 1.807) is 11.3 Å². The first-order chi connectivity index (χ1) is 14.5. The van der Waals surface area contributed by atoms with Crippen molar-refractivity contribution in [2.24, 2.45) is 0 Å². The molecule has 9 heteroatoms. The first-order valence-corrected chi connectivity index (χ1v) is 10.8. The maximum absolute atomic E-state index is 12.9. The molecule has 0 atom stereocenters. The number of alkyl halides is 2. The summed E-state index contributed by atoms with van der Waals surface area (Å²) in [5, 5.41) is 5.59. The number of halogens is 2. The van der Waals surface area contributed by atoms with Crippen molar-refractivity contribution in [1.82, 2.24) is 4.98 Å². The highest BCUT2D eigenvalue weighted by molar-refractivity contribution is 8.00. The molecule has 2 aromatic heterocycles. The van der Waals surface area contributed by atoms with Crippen LogP contribution in [0.25, 0.3) is 11.0 Å². The number of anilines is 1. The van der Waals surface area contributed by atoms with Gasteiger partial charge in [-0.15, -0.1) is 11.3 Å². The van der Waals surface area contributed by atoms with Gasteiger partial charge in [-0.3, -0.25) is 4.79 Å². The Morgan fingerprint density at radius 3 is 2.70 bits per heavy atom. The standard InChI is InChI=1S/C21H16F2N2O3S2/c1-12-10-29-21(24-12)30-11-16-15-4-2-3-5-17(15)28-18(16)19(26)25-13-6-8-14(9-7-13)27-20(22)23/h2-10,20H,11H2,1H3,(H,25,26). The Hall–Kier alpha value is -2.91. The summed E-state index contributed by atoms with van der Waals surface area (Å²) in [6, 6.07) is 13.2. The fourth-order valence-electron chi connectivity index (χ4n) is 2.87. The summed E-state index contributed by atoms with van der Waals surface area (Å²) in [7, 11) is 0. The molecule has 0 spiro atoms. The van der Waals surface area contributed by atoms with Gasteiger partial charge in [-0.2, -0.15) is 8.78 Å². The minimum absolute atomic E-state index is 0.0163. The van der Waals surface area contributed by atoms with Crippen molar-refractivity contribution >= 4 is 45.7 Å². The number of aromatic nitrogens is 1. The van der Waals surface area contributed by atoms with Crippen molar-refractivity contribution in [2.45, 2.75) is 23.6 Å². The van der Waals surface area contributed by atoms with Crippen LogP contribution in [-0.2, 0) is 5.75 Å². The number of thioether (sulfide) groups is 1. The minimum atomic E-state index is -2.90. The molecule has 0 bridgehead atoms. The van der Waals surface area contributed by atoms with E-state index >= 15 is 0 Å². The maximum Gasteiger partial charge on any atom is 0.387 e. The van der Waals surface area contributed by atoms with Gasteiger partial charge in [0.05, 0.1) is 0 Å². The summed E-state index contributed by atoms with van der Waals surface area (Å²) < 4.78 is 35.6. The third kappa shape index (κ3) is 4.63. The molecule has 4 aromatic rings. The van der Waals surface area contributed by atoms with Gasteiger partial charge in [0.2, 0.25) is 0 Å². The Morgan fingerprint density at radius 1 is 1.23 bits per heavy atom. The van der Waals surface area contributed by atoms with E-state index in [1.807, 2.05) is 36.6 Å². The molecule has 1 N–H and O–H groups in total. The van der Waals surface area contributed by atoms with E-state index in [-0.39, 0.29) is 11.5 Å². The second kappa shape index (κ2) is 8.85. The lowest BCUT2D eigenvalue weighted by atomic mass is 10.1. The number of aryl methyl sites for hydroxylation is 1. The quantitative estimate of drug-likeness (QED) is 0.336. The molecule has 0 saturated carbocycles. The van der Waals surface area contributed by atoms with Crippen molar-refractivity contribution < 1.29 is 22.7 Å². The highest BCUT2D eigenvalue weighted by atomic mass is 32.2. The third-order valence-corrected chi connectivity index (χ3v) is 6.35. The number of hydrogen-bond donors (Lipinski definition) is 1. The van der Waals surface area contributed by atoms with E-state index < -0.39 is 12.5 Å². The van der Waals surface area contributed by atoms with Crippen LogP contribution >= 0.6 is 23.1 Å². The van der Waals surface area contributed by atoms with Crippen molar-refractivity contribution in [2.75, 3.05) is 5.32 Å². The number of benzene rings is 2. The second-order valence-corrected chi connectivity index (χ2v) is 8.39. The number of nitrogens with zero attached hydrogens (tertiary/aromatic N) is 1. The lowest BCUT2D eigenvalue weighted by Gasteiger charge is -2.07. The molecule has 0 aliphatic rings. The van der Waals surface area contributed by atoms with Gasteiger partial charge in [-0.05, 0) is 37.3 Å². The predicted octanol–water partition coefficient (Wildman–Crippen LogP) is 6.34. The van der Waals surface area contributed by atoms with Gasteiger partial charge in [-0.1, -0.05) is 30.0 Å². The average Bonchev–Trinajstić information content (AvgIpc) is 3.30. The van der Waals surface area contributed by atoms with Crippen LogP contribution in [0.3, 0.4) is 0 Å². The first kappa shape index (κ1) is 20.4. The zero-order valence-electron chi connectivity index (χ0n) is 15.7. The van der Waals surface area contributed by atoms with Crippen molar-refractivity contribution in [3.8, 4) is 5.75 Å². The topological polar surface area (TPSA) is 64.4 Å². The summed E-state index contributed by atoms with van der Waals surface area (Å²) in [5.41, 5.74) is 2.79. The lowest BCUT2D eigenvalue weighted by molar-refractivity contribution is -0.0498. The molecule has 0 aliphatic heterocycles. The number of nitrogens with one attached hydrogen (secondary N) is 1. The van der Waals surface area contributed by atoms with Crippen LogP contribution in [0.4, 0.5) is 14.5 Å². The van der Waals surface area contributed by atoms with E-state index in [0.717, 1.165) is 21.0 Å². The molecular formula is C21H16F2N2O3S2. The number of furan rings is 1. The van der Waals surface area contributed by atoms with Gasteiger partial charge in [-0.25, -0.2) is 4.98 Å². The monoisotopic (exact) mass is 446 g/mol. The SMILES string of the molecule is Cc1csc(SCc2c(C(=O)Nc3ccc(OC(F)F)cc3)oc3ccccc23)n1. The van der Waals surface area contributed by atoms with E-state index in [0.29, 0.717) is 17.0 Å². The fourth-order valence-corrected chi connectivity index (χ4v) is 4.74. The molecule has 4 rings (SSSR count). The van der Waals surface area contributed by atoms with E-state index in [4.69, 9.17) is 4.42 Å². The molecule has 154 valence electrons. The van der Waals surface area contributed by atoms with Crippen LogP contribution in [-0.4, -0.2) is 17.5 Å². The highest BCUT2D eigenvalue weighted by Gasteiger charge is 2.21. The van der Waals surface area contributed by atoms with E-state index in [2.05, 4.69) is 15.0 Å². The number of para-hydroxylation sites is 1. The summed E-state index contributed by atoms with van der Waals surface area (Å²) in [4.78, 5) is 17.4. The first-order valence-electron chi connectivity index (χ1n) is 8.91. The number of fused-ring (bicyclic) bond motifs is 1. The van der Waals surface area contributed by atoms with Crippen LogP contribution in [0, 0.1) is 6.92 Å². The third-order valence-electron chi connectivity index (χ3n) is 4.18. The Labute approximate surface area is 179 Å². The van der Waals surface area contributed by atoms with Crippen molar-refractivity contribution in [3.63, 3.8) is 0 Å². The molecule has 2 aromatic carbocycles. The van der Waals surface area contributed by atoms with Crippen LogP contribution in [0.2, 0.25) is 0 Å². The van der Waals surface area contributed by atoms with E-state index in [1.165, 1.54) is 36.0 Å². The number of carbonyl (C=O) groups is 1. The molecular weight excluding hydrogens is 430 g/mol. The Balaban J connectivity index is 1.57. The lowest BCUT2D eigenvalue weighted by Crippen LogP contribution is -2.12. The van der Waals surface area contributed by atoms with Crippen LogP contribution in [0.5, 0.6) is 5.75 Å². The molecule has 0 unspecified atom stereocenters. The van der Waals surface area contributed by atoms with Gasteiger partial charge in [0.15, 0.2) is 5.76 Å². The van der Waals surface area contributed by atoms with Crippen LogP contribution in [0.1, 0.15) is 21.8 Å². The van der Waals surface area contributed by atoms with Gasteiger partial charge in [0.1, 0.15) is 15.7 Å². The second-order valence-electron chi connectivity index (χ2n) is 6.31. The Morgan fingerprint density at radius 2 is 2.00 bits per heavy atom. The van der Waals surface area contributed by atoms with Gasteiger partial charge < -0.3 is 14.5 Å². The van der Waals surface area contributed by atoms with E-state index in [9.17, 15) is 13.6 Å². The summed E-state index contributed by atoms with van der Waals surface area (Å²) in [6.45, 7) is -0.965. The maximum atomic E-state index is 12.9. The number of ether oxygens (including phenoxy) is 1. The zero-order chi connectivity index (χ0) is 21.1. The molecule has 0 aliphatic carbocycles. The molecule has 1 amide bonds. The fraction of sp³-hybridized carbons (Fsp3) is 0.143. The largest absolute Gasteiger partial charge is 0.451 e. The molecule has 30 heavy (non-hydrogen) atoms. The predicted molar refractivity (Wildman–Crippen MR) is 114 cm³/mol. The summed E-state index contributed by atoms with van der Waals surface area (Å²) in [6.07, 6.45) is 0. The Bertz CT molecular complexity index is 1170. The smallest absolute Gasteiger partial charge is 0.387 e. The molecule has 0 fully saturated rings. The minimum Gasteiger partial charge on any atom is -0.451 e. The van der Waals surface area contributed by atoms with Crippen LogP contribution in [0.15, 0.2) is 62.7 Å².